The molecule has 0 saturated carbocycles. The molecule has 0 aliphatic carbocycles. The maximum Gasteiger partial charge on any atom is 0.134 e. The fraction of sp³-hybridized carbons (Fsp3) is 0.417. The van der Waals surface area contributed by atoms with Crippen molar-refractivity contribution in [2.24, 2.45) is 0 Å². The van der Waals surface area contributed by atoms with Crippen LogP contribution in [0.2, 0.25) is 0 Å². The normalized spacial score (nSPS) is 10.2. The summed E-state index contributed by atoms with van der Waals surface area (Å²) < 4.78 is 6.30. The summed E-state index contributed by atoms with van der Waals surface area (Å²) in [4.78, 5) is 11.2. The summed E-state index contributed by atoms with van der Waals surface area (Å²) in [6.07, 6.45) is 0.409. The fourth-order valence-corrected chi connectivity index (χ4v) is 2.16. The number of benzene rings is 1. The number of carbonyl (C=O) groups is 1. The van der Waals surface area contributed by atoms with Crippen molar-refractivity contribution in [2.45, 2.75) is 27.2 Å². The second kappa shape index (κ2) is 4.79. The molecular formula is C12H15BrO2. The van der Waals surface area contributed by atoms with Crippen molar-refractivity contribution in [2.75, 3.05) is 7.11 Å². The Balaban J connectivity index is 3.36. The quantitative estimate of drug-likeness (QED) is 0.843. The van der Waals surface area contributed by atoms with E-state index in [1.54, 1.807) is 14.0 Å². The van der Waals surface area contributed by atoms with Crippen LogP contribution in [0.15, 0.2) is 10.5 Å². The number of ketones is 1. The Kier molecular flexibility index (Phi) is 3.91. The summed E-state index contributed by atoms with van der Waals surface area (Å²) >= 11 is 3.50. The lowest BCUT2D eigenvalue weighted by Gasteiger charge is -2.14. The van der Waals surface area contributed by atoms with E-state index < -0.39 is 0 Å². The van der Waals surface area contributed by atoms with Gasteiger partial charge in [-0.1, -0.05) is 22.0 Å². The van der Waals surface area contributed by atoms with Crippen molar-refractivity contribution in [3.63, 3.8) is 0 Å². The van der Waals surface area contributed by atoms with Gasteiger partial charge in [0, 0.05) is 16.5 Å². The van der Waals surface area contributed by atoms with Gasteiger partial charge in [0.2, 0.25) is 0 Å². The molecule has 0 N–H and O–H groups in total. The Morgan fingerprint density at radius 2 is 2.00 bits per heavy atom. The summed E-state index contributed by atoms with van der Waals surface area (Å²) in [5.74, 6) is 0.946. The van der Waals surface area contributed by atoms with E-state index in [0.29, 0.717) is 6.42 Å². The lowest BCUT2D eigenvalue weighted by atomic mass is 10.0. The van der Waals surface area contributed by atoms with E-state index in [9.17, 15) is 4.79 Å². The number of ether oxygens (including phenoxy) is 1. The topological polar surface area (TPSA) is 26.3 Å². The molecule has 0 bridgehead atoms. The second-order valence-electron chi connectivity index (χ2n) is 3.71. The van der Waals surface area contributed by atoms with Gasteiger partial charge in [-0.05, 0) is 31.9 Å². The number of halogens is 1. The van der Waals surface area contributed by atoms with E-state index in [4.69, 9.17) is 4.74 Å². The summed E-state index contributed by atoms with van der Waals surface area (Å²) in [5.41, 5.74) is 3.14. The number of rotatable bonds is 3. The van der Waals surface area contributed by atoms with Crippen molar-refractivity contribution >= 4 is 21.7 Å². The highest BCUT2D eigenvalue weighted by molar-refractivity contribution is 9.10. The summed E-state index contributed by atoms with van der Waals surface area (Å²) in [6.45, 7) is 5.59. The molecule has 0 unspecified atom stereocenters. The summed E-state index contributed by atoms with van der Waals surface area (Å²) in [5, 5.41) is 0. The van der Waals surface area contributed by atoms with Gasteiger partial charge in [0.15, 0.2) is 0 Å². The van der Waals surface area contributed by atoms with E-state index in [0.717, 1.165) is 26.9 Å². The van der Waals surface area contributed by atoms with Gasteiger partial charge in [-0.15, -0.1) is 0 Å². The highest BCUT2D eigenvalue weighted by atomic mass is 79.9. The standard InChI is InChI=1S/C12H15BrO2/c1-7-5-8(2)12(15-4)10(11(7)13)6-9(3)14/h5H,6H2,1-4H3. The monoisotopic (exact) mass is 270 g/mol. The minimum Gasteiger partial charge on any atom is -0.496 e. The summed E-state index contributed by atoms with van der Waals surface area (Å²) in [6, 6.07) is 2.05. The van der Waals surface area contributed by atoms with Gasteiger partial charge < -0.3 is 4.74 Å². The van der Waals surface area contributed by atoms with Crippen LogP contribution >= 0.6 is 15.9 Å². The Hall–Kier alpha value is -0.830. The molecule has 0 aliphatic heterocycles. The molecule has 3 heteroatoms. The first-order chi connectivity index (χ1) is 6.97. The van der Waals surface area contributed by atoms with Crippen LogP contribution in [-0.4, -0.2) is 12.9 Å². The average molecular weight is 271 g/mol. The minimum absolute atomic E-state index is 0.138. The molecule has 0 amide bonds. The van der Waals surface area contributed by atoms with Crippen molar-refractivity contribution in [1.82, 2.24) is 0 Å². The number of hydrogen-bond acceptors (Lipinski definition) is 2. The first-order valence-electron chi connectivity index (χ1n) is 4.79. The molecule has 15 heavy (non-hydrogen) atoms. The Morgan fingerprint density at radius 1 is 1.40 bits per heavy atom. The maximum atomic E-state index is 11.2. The fourth-order valence-electron chi connectivity index (χ4n) is 1.72. The Morgan fingerprint density at radius 3 is 2.47 bits per heavy atom. The second-order valence-corrected chi connectivity index (χ2v) is 4.51. The molecule has 0 saturated heterocycles. The highest BCUT2D eigenvalue weighted by Crippen LogP contribution is 2.33. The lowest BCUT2D eigenvalue weighted by Crippen LogP contribution is -2.03. The zero-order valence-corrected chi connectivity index (χ0v) is 11.1. The van der Waals surface area contributed by atoms with E-state index in [2.05, 4.69) is 15.9 Å². The van der Waals surface area contributed by atoms with E-state index in [-0.39, 0.29) is 5.78 Å². The highest BCUT2D eigenvalue weighted by Gasteiger charge is 2.14. The molecule has 1 rings (SSSR count). The van der Waals surface area contributed by atoms with Gasteiger partial charge in [-0.2, -0.15) is 0 Å². The molecule has 0 fully saturated rings. The van der Waals surface area contributed by atoms with Gasteiger partial charge >= 0.3 is 0 Å². The lowest BCUT2D eigenvalue weighted by molar-refractivity contribution is -0.116. The first-order valence-corrected chi connectivity index (χ1v) is 5.58. The van der Waals surface area contributed by atoms with Crippen LogP contribution in [0.25, 0.3) is 0 Å². The molecule has 1 aromatic carbocycles. The molecule has 0 spiro atoms. The zero-order valence-electron chi connectivity index (χ0n) is 9.48. The maximum absolute atomic E-state index is 11.2. The van der Waals surface area contributed by atoms with Crippen LogP contribution < -0.4 is 4.74 Å². The average Bonchev–Trinajstić information content (AvgIpc) is 2.13. The number of hydrogen-bond donors (Lipinski definition) is 0. The molecule has 82 valence electrons. The minimum atomic E-state index is 0.138. The van der Waals surface area contributed by atoms with Crippen molar-refractivity contribution in [1.29, 1.82) is 0 Å². The first kappa shape index (κ1) is 12.2. The van der Waals surface area contributed by atoms with E-state index in [1.807, 2.05) is 19.9 Å². The molecule has 0 radical (unpaired) electrons. The van der Waals surface area contributed by atoms with Crippen molar-refractivity contribution < 1.29 is 9.53 Å². The third-order valence-corrected chi connectivity index (χ3v) is 3.41. The van der Waals surface area contributed by atoms with Crippen molar-refractivity contribution in [3.8, 4) is 5.75 Å². The van der Waals surface area contributed by atoms with E-state index in [1.165, 1.54) is 0 Å². The number of aryl methyl sites for hydroxylation is 2. The third-order valence-electron chi connectivity index (χ3n) is 2.31. The molecule has 0 aromatic heterocycles. The van der Waals surface area contributed by atoms with Gasteiger partial charge in [-0.25, -0.2) is 0 Å². The largest absolute Gasteiger partial charge is 0.496 e. The van der Waals surface area contributed by atoms with Gasteiger partial charge in [0.05, 0.1) is 7.11 Å². The van der Waals surface area contributed by atoms with Crippen LogP contribution in [0, 0.1) is 13.8 Å². The van der Waals surface area contributed by atoms with E-state index >= 15 is 0 Å². The van der Waals surface area contributed by atoms with Gasteiger partial charge in [-0.3, -0.25) is 4.79 Å². The summed E-state index contributed by atoms with van der Waals surface area (Å²) in [7, 11) is 1.63. The van der Waals surface area contributed by atoms with Crippen molar-refractivity contribution in [3.05, 3.63) is 27.2 Å². The number of methoxy groups -OCH3 is 1. The van der Waals surface area contributed by atoms with Crippen LogP contribution in [0.5, 0.6) is 5.75 Å². The molecule has 0 heterocycles. The molecule has 0 aliphatic rings. The van der Waals surface area contributed by atoms with Gasteiger partial charge in [0.25, 0.3) is 0 Å². The van der Waals surface area contributed by atoms with Crippen LogP contribution in [0.4, 0.5) is 0 Å². The Labute approximate surface area is 98.8 Å². The van der Waals surface area contributed by atoms with Crippen LogP contribution in [0.1, 0.15) is 23.6 Å². The number of carbonyl (C=O) groups excluding carboxylic acids is 1. The number of Topliss-reactive ketones (excluding diaryl/α,β-unsaturated/α-hetero) is 1. The SMILES string of the molecule is COc1c(C)cc(C)c(Br)c1CC(C)=O. The molecule has 1 aromatic rings. The van der Waals surface area contributed by atoms with Crippen LogP contribution in [0.3, 0.4) is 0 Å². The predicted octanol–water partition coefficient (Wildman–Crippen LogP) is 3.21. The molecule has 0 atom stereocenters. The molecule has 2 nitrogen and oxygen atoms in total. The third kappa shape index (κ3) is 2.59. The smallest absolute Gasteiger partial charge is 0.134 e. The predicted molar refractivity (Wildman–Crippen MR) is 64.6 cm³/mol. The van der Waals surface area contributed by atoms with Gasteiger partial charge in [0.1, 0.15) is 11.5 Å². The Bertz CT molecular complexity index is 397. The van der Waals surface area contributed by atoms with Crippen LogP contribution in [-0.2, 0) is 11.2 Å². The molecular weight excluding hydrogens is 256 g/mol. The zero-order chi connectivity index (χ0) is 11.6.